The Kier molecular flexibility index (Phi) is 4.01. The third kappa shape index (κ3) is 3.18. The van der Waals surface area contributed by atoms with Gasteiger partial charge in [-0.3, -0.25) is 4.79 Å². The number of aliphatic hydroxyl groups excluding tert-OH is 1. The largest absolute Gasteiger partial charge is 0.396 e. The topological polar surface area (TPSA) is 37.3 Å². The molecule has 0 bridgehead atoms. The van der Waals surface area contributed by atoms with E-state index in [0.717, 1.165) is 38.5 Å². The molecule has 1 aliphatic carbocycles. The Labute approximate surface area is 73.3 Å². The number of ketones is 1. The van der Waals surface area contributed by atoms with E-state index < -0.39 is 0 Å². The van der Waals surface area contributed by atoms with Gasteiger partial charge in [-0.05, 0) is 38.2 Å². The third-order valence-electron chi connectivity index (χ3n) is 2.19. The second-order valence-electron chi connectivity index (χ2n) is 3.30. The van der Waals surface area contributed by atoms with Gasteiger partial charge in [-0.2, -0.15) is 0 Å². The first-order valence-electron chi connectivity index (χ1n) is 4.66. The van der Waals surface area contributed by atoms with Crippen LogP contribution in [-0.2, 0) is 4.79 Å². The zero-order chi connectivity index (χ0) is 8.81. The van der Waals surface area contributed by atoms with Crippen molar-refractivity contribution in [3.8, 4) is 0 Å². The fraction of sp³-hybridized carbons (Fsp3) is 0.700. The lowest BCUT2D eigenvalue weighted by Crippen LogP contribution is -2.02. The van der Waals surface area contributed by atoms with Gasteiger partial charge < -0.3 is 5.11 Å². The van der Waals surface area contributed by atoms with Crippen molar-refractivity contribution in [3.63, 3.8) is 0 Å². The van der Waals surface area contributed by atoms with Crippen molar-refractivity contribution in [2.45, 2.75) is 38.5 Å². The van der Waals surface area contributed by atoms with Gasteiger partial charge in [0.15, 0.2) is 5.78 Å². The maximum atomic E-state index is 11.0. The average Bonchev–Trinajstić information content (AvgIpc) is 2.05. The predicted octanol–water partition coefficient (Wildman–Crippen LogP) is 1.83. The molecule has 0 atom stereocenters. The Morgan fingerprint density at radius 2 is 2.17 bits per heavy atom. The van der Waals surface area contributed by atoms with Gasteiger partial charge in [-0.1, -0.05) is 5.57 Å². The van der Waals surface area contributed by atoms with Gasteiger partial charge in [-0.15, -0.1) is 0 Å². The van der Waals surface area contributed by atoms with Crippen LogP contribution in [0.4, 0.5) is 0 Å². The minimum Gasteiger partial charge on any atom is -0.396 e. The van der Waals surface area contributed by atoms with E-state index in [9.17, 15) is 4.79 Å². The molecule has 0 aliphatic heterocycles. The first-order chi connectivity index (χ1) is 5.83. The quantitative estimate of drug-likeness (QED) is 0.650. The van der Waals surface area contributed by atoms with E-state index in [-0.39, 0.29) is 12.4 Å². The van der Waals surface area contributed by atoms with Crippen LogP contribution in [0, 0.1) is 0 Å². The summed E-state index contributed by atoms with van der Waals surface area (Å²) in [4.78, 5) is 11.0. The van der Waals surface area contributed by atoms with Crippen LogP contribution < -0.4 is 0 Å². The Morgan fingerprint density at radius 3 is 2.83 bits per heavy atom. The van der Waals surface area contributed by atoms with E-state index in [1.165, 1.54) is 5.57 Å². The lowest BCUT2D eigenvalue weighted by molar-refractivity contribution is -0.115. The molecule has 0 amide bonds. The molecule has 0 saturated heterocycles. The second kappa shape index (κ2) is 5.09. The Balaban J connectivity index is 2.26. The lowest BCUT2D eigenvalue weighted by atomic mass is 9.95. The smallest absolute Gasteiger partial charge is 0.155 e. The summed E-state index contributed by atoms with van der Waals surface area (Å²) in [7, 11) is 0. The van der Waals surface area contributed by atoms with Crippen LogP contribution in [0.1, 0.15) is 38.5 Å². The van der Waals surface area contributed by atoms with Gasteiger partial charge in [0.1, 0.15) is 0 Å². The molecular weight excluding hydrogens is 152 g/mol. The first kappa shape index (κ1) is 9.46. The molecule has 0 saturated carbocycles. The molecule has 1 N–H and O–H groups in total. The number of allylic oxidation sites excluding steroid dienone is 2. The molecule has 1 aliphatic rings. The van der Waals surface area contributed by atoms with Gasteiger partial charge >= 0.3 is 0 Å². The van der Waals surface area contributed by atoms with E-state index in [4.69, 9.17) is 5.11 Å². The number of carbonyl (C=O) groups is 1. The van der Waals surface area contributed by atoms with Crippen LogP contribution in [0.5, 0.6) is 0 Å². The molecule has 0 unspecified atom stereocenters. The summed E-state index contributed by atoms with van der Waals surface area (Å²) in [5, 5.41) is 8.56. The molecule has 0 radical (unpaired) electrons. The Morgan fingerprint density at radius 1 is 1.33 bits per heavy atom. The van der Waals surface area contributed by atoms with Crippen LogP contribution in [0.25, 0.3) is 0 Å². The highest BCUT2D eigenvalue weighted by Gasteiger charge is 2.08. The van der Waals surface area contributed by atoms with Crippen molar-refractivity contribution in [3.05, 3.63) is 11.6 Å². The number of carbonyl (C=O) groups excluding carboxylic acids is 1. The molecule has 0 spiro atoms. The number of rotatable bonds is 4. The predicted molar refractivity (Wildman–Crippen MR) is 47.9 cm³/mol. The van der Waals surface area contributed by atoms with Crippen molar-refractivity contribution < 1.29 is 9.90 Å². The summed E-state index contributed by atoms with van der Waals surface area (Å²) >= 11 is 0. The molecule has 0 heterocycles. The number of hydrogen-bond acceptors (Lipinski definition) is 2. The van der Waals surface area contributed by atoms with Crippen molar-refractivity contribution >= 4 is 5.78 Å². The maximum Gasteiger partial charge on any atom is 0.155 e. The number of aliphatic hydroxyl groups is 1. The van der Waals surface area contributed by atoms with E-state index in [1.807, 2.05) is 0 Å². The highest BCUT2D eigenvalue weighted by atomic mass is 16.2. The van der Waals surface area contributed by atoms with Crippen molar-refractivity contribution in [1.29, 1.82) is 0 Å². The van der Waals surface area contributed by atoms with Crippen molar-refractivity contribution in [2.75, 3.05) is 6.61 Å². The molecular formula is C10H16O2. The highest BCUT2D eigenvalue weighted by molar-refractivity contribution is 5.91. The highest BCUT2D eigenvalue weighted by Crippen LogP contribution is 2.19. The van der Waals surface area contributed by atoms with Gasteiger partial charge in [0.05, 0.1) is 0 Å². The summed E-state index contributed by atoms with van der Waals surface area (Å²) in [6, 6.07) is 0. The number of unbranched alkanes of at least 4 members (excludes halogenated alkanes) is 1. The molecule has 12 heavy (non-hydrogen) atoms. The molecule has 2 heteroatoms. The SMILES string of the molecule is O=C1C=C(CCCCO)CCC1. The van der Waals surface area contributed by atoms with Crippen LogP contribution in [-0.4, -0.2) is 17.5 Å². The van der Waals surface area contributed by atoms with Crippen LogP contribution >= 0.6 is 0 Å². The third-order valence-corrected chi connectivity index (χ3v) is 2.19. The second-order valence-corrected chi connectivity index (χ2v) is 3.30. The molecule has 0 aromatic rings. The van der Waals surface area contributed by atoms with Gasteiger partial charge in [0.2, 0.25) is 0 Å². The minimum absolute atomic E-state index is 0.265. The molecule has 1 rings (SSSR count). The Bertz CT molecular complexity index is 182. The lowest BCUT2D eigenvalue weighted by Gasteiger charge is -2.10. The summed E-state index contributed by atoms with van der Waals surface area (Å²) in [6.45, 7) is 0.265. The summed E-state index contributed by atoms with van der Waals surface area (Å²) < 4.78 is 0. The van der Waals surface area contributed by atoms with Crippen LogP contribution in [0.3, 0.4) is 0 Å². The summed E-state index contributed by atoms with van der Waals surface area (Å²) in [5.74, 6) is 0.278. The fourth-order valence-electron chi connectivity index (χ4n) is 1.52. The summed E-state index contributed by atoms with van der Waals surface area (Å²) in [6.07, 6.45) is 7.47. The molecule has 0 fully saturated rings. The fourth-order valence-corrected chi connectivity index (χ4v) is 1.52. The monoisotopic (exact) mass is 168 g/mol. The van der Waals surface area contributed by atoms with Crippen molar-refractivity contribution in [1.82, 2.24) is 0 Å². The average molecular weight is 168 g/mol. The summed E-state index contributed by atoms with van der Waals surface area (Å²) in [5.41, 5.74) is 1.28. The molecule has 68 valence electrons. The van der Waals surface area contributed by atoms with Crippen LogP contribution in [0.15, 0.2) is 11.6 Å². The zero-order valence-corrected chi connectivity index (χ0v) is 7.38. The van der Waals surface area contributed by atoms with E-state index in [2.05, 4.69) is 0 Å². The first-order valence-corrected chi connectivity index (χ1v) is 4.66. The standard InChI is InChI=1S/C10H16O2/c11-7-2-1-4-9-5-3-6-10(12)8-9/h8,11H,1-7H2. The minimum atomic E-state index is 0.265. The van der Waals surface area contributed by atoms with Gasteiger partial charge in [-0.25, -0.2) is 0 Å². The molecule has 0 aromatic heterocycles. The molecule has 2 nitrogen and oxygen atoms in total. The maximum absolute atomic E-state index is 11.0. The normalized spacial score (nSPS) is 17.8. The van der Waals surface area contributed by atoms with Gasteiger partial charge in [0.25, 0.3) is 0 Å². The number of hydrogen-bond donors (Lipinski definition) is 1. The molecule has 0 aromatic carbocycles. The van der Waals surface area contributed by atoms with Crippen LogP contribution in [0.2, 0.25) is 0 Å². The van der Waals surface area contributed by atoms with E-state index in [0.29, 0.717) is 0 Å². The van der Waals surface area contributed by atoms with E-state index in [1.54, 1.807) is 6.08 Å². The Hall–Kier alpha value is -0.630. The zero-order valence-electron chi connectivity index (χ0n) is 7.38. The van der Waals surface area contributed by atoms with E-state index >= 15 is 0 Å². The van der Waals surface area contributed by atoms with Gasteiger partial charge in [0, 0.05) is 13.0 Å². The van der Waals surface area contributed by atoms with Crippen molar-refractivity contribution in [2.24, 2.45) is 0 Å².